The normalized spacial score (nSPS) is 17.0. The topological polar surface area (TPSA) is 81.4 Å². The number of carbonyl (C=O) groups excluding carboxylic acids is 1. The van der Waals surface area contributed by atoms with Crippen LogP contribution in [0.15, 0.2) is 35.9 Å². The average molecular weight is 299 g/mol. The maximum atomic E-state index is 12.2. The van der Waals surface area contributed by atoms with E-state index in [1.54, 1.807) is 30.7 Å². The van der Waals surface area contributed by atoms with Gasteiger partial charge in [0.2, 0.25) is 6.10 Å². The number of aromatic nitrogens is 3. The molecule has 0 spiro atoms. The molecule has 0 fully saturated rings. The van der Waals surface area contributed by atoms with Gasteiger partial charge in [0.1, 0.15) is 0 Å². The zero-order chi connectivity index (χ0) is 15.5. The molecule has 0 saturated heterocycles. The summed E-state index contributed by atoms with van der Waals surface area (Å²) in [5.74, 6) is -0.229. The van der Waals surface area contributed by atoms with Crippen molar-refractivity contribution in [1.29, 1.82) is 0 Å². The van der Waals surface area contributed by atoms with Crippen LogP contribution < -0.4 is 5.32 Å². The molecule has 2 aromatic rings. The summed E-state index contributed by atoms with van der Waals surface area (Å²) in [6, 6.07) is 3.53. The quantitative estimate of drug-likeness (QED) is 0.932. The third-order valence-electron chi connectivity index (χ3n) is 3.60. The van der Waals surface area contributed by atoms with E-state index in [2.05, 4.69) is 20.6 Å². The molecule has 0 bridgehead atoms. The molecule has 0 saturated carbocycles. The fourth-order valence-corrected chi connectivity index (χ4v) is 2.39. The second-order valence-corrected chi connectivity index (χ2v) is 5.03. The molecule has 7 nitrogen and oxygen atoms in total. The highest BCUT2D eigenvalue weighted by atomic mass is 16.6. The molecule has 2 aromatic heterocycles. The Morgan fingerprint density at radius 3 is 3.05 bits per heavy atom. The fourth-order valence-electron chi connectivity index (χ4n) is 2.39. The molecule has 7 heteroatoms. The lowest BCUT2D eigenvalue weighted by atomic mass is 10.1. The summed E-state index contributed by atoms with van der Waals surface area (Å²) in [7, 11) is 0. The highest BCUT2D eigenvalue weighted by molar-refractivity contribution is 6.06. The molecular formula is C15H17N5O2. The third kappa shape index (κ3) is 2.69. The number of pyridine rings is 1. The SMILES string of the molecule is CCn1ncc(C2=NO[C@H](C(=O)Nc3cccnc3)C2)c1C. The second-order valence-electron chi connectivity index (χ2n) is 5.03. The molecule has 3 heterocycles. The summed E-state index contributed by atoms with van der Waals surface area (Å²) < 4.78 is 1.89. The van der Waals surface area contributed by atoms with E-state index in [0.717, 1.165) is 23.5 Å². The van der Waals surface area contributed by atoms with Crippen LogP contribution in [0.1, 0.15) is 24.6 Å². The molecule has 1 amide bonds. The minimum atomic E-state index is -0.625. The molecule has 1 N–H and O–H groups in total. The first-order valence-corrected chi connectivity index (χ1v) is 7.15. The van der Waals surface area contributed by atoms with Crippen LogP contribution in [0, 0.1) is 6.92 Å². The van der Waals surface area contributed by atoms with Crippen molar-refractivity contribution < 1.29 is 9.63 Å². The van der Waals surface area contributed by atoms with E-state index < -0.39 is 6.10 Å². The van der Waals surface area contributed by atoms with Gasteiger partial charge in [-0.3, -0.25) is 14.5 Å². The molecule has 1 aliphatic rings. The van der Waals surface area contributed by atoms with Crippen LogP contribution in [-0.4, -0.2) is 32.5 Å². The molecule has 0 aromatic carbocycles. The summed E-state index contributed by atoms with van der Waals surface area (Å²) >= 11 is 0. The van der Waals surface area contributed by atoms with Crippen molar-refractivity contribution in [3.05, 3.63) is 42.0 Å². The molecule has 22 heavy (non-hydrogen) atoms. The van der Waals surface area contributed by atoms with Gasteiger partial charge >= 0.3 is 0 Å². The van der Waals surface area contributed by atoms with E-state index in [1.807, 2.05) is 18.5 Å². The summed E-state index contributed by atoms with van der Waals surface area (Å²) in [4.78, 5) is 21.4. The first-order chi connectivity index (χ1) is 10.7. The van der Waals surface area contributed by atoms with Crippen molar-refractivity contribution in [2.24, 2.45) is 5.16 Å². The van der Waals surface area contributed by atoms with E-state index in [-0.39, 0.29) is 5.91 Å². The lowest BCUT2D eigenvalue weighted by Crippen LogP contribution is -2.28. The first kappa shape index (κ1) is 14.2. The molecule has 0 radical (unpaired) electrons. The minimum absolute atomic E-state index is 0.229. The number of rotatable bonds is 4. The van der Waals surface area contributed by atoms with Crippen LogP contribution in [0.2, 0.25) is 0 Å². The van der Waals surface area contributed by atoms with E-state index in [1.165, 1.54) is 0 Å². The number of nitrogens with one attached hydrogen (secondary N) is 1. The highest BCUT2D eigenvalue weighted by Gasteiger charge is 2.30. The van der Waals surface area contributed by atoms with Crippen molar-refractivity contribution in [3.63, 3.8) is 0 Å². The molecule has 1 atom stereocenters. The number of nitrogens with zero attached hydrogens (tertiary/aromatic N) is 4. The van der Waals surface area contributed by atoms with Gasteiger partial charge < -0.3 is 10.2 Å². The maximum Gasteiger partial charge on any atom is 0.268 e. The van der Waals surface area contributed by atoms with E-state index >= 15 is 0 Å². The maximum absolute atomic E-state index is 12.2. The van der Waals surface area contributed by atoms with Crippen LogP contribution in [0.25, 0.3) is 0 Å². The Hall–Kier alpha value is -2.70. The van der Waals surface area contributed by atoms with Crippen molar-refractivity contribution in [2.45, 2.75) is 32.9 Å². The Balaban J connectivity index is 1.66. The van der Waals surface area contributed by atoms with Crippen molar-refractivity contribution in [3.8, 4) is 0 Å². The monoisotopic (exact) mass is 299 g/mol. The number of hydrogen-bond donors (Lipinski definition) is 1. The molecule has 1 aliphatic heterocycles. The Morgan fingerprint density at radius 1 is 1.50 bits per heavy atom. The van der Waals surface area contributed by atoms with Crippen molar-refractivity contribution in [2.75, 3.05) is 5.32 Å². The Morgan fingerprint density at radius 2 is 2.36 bits per heavy atom. The number of aryl methyl sites for hydroxylation is 1. The molecular weight excluding hydrogens is 282 g/mol. The smallest absolute Gasteiger partial charge is 0.268 e. The van der Waals surface area contributed by atoms with Crippen molar-refractivity contribution >= 4 is 17.3 Å². The molecule has 0 unspecified atom stereocenters. The molecule has 3 rings (SSSR count). The van der Waals surface area contributed by atoms with Gasteiger partial charge in [0.25, 0.3) is 5.91 Å². The summed E-state index contributed by atoms with van der Waals surface area (Å²) in [5.41, 5.74) is 3.35. The Labute approximate surface area is 128 Å². The standard InChI is InChI=1S/C15H17N5O2/c1-3-20-10(2)12(9-17-20)13-7-14(22-19-13)15(21)18-11-5-4-6-16-8-11/h4-6,8-9,14H,3,7H2,1-2H3,(H,18,21)/t14-/m0/s1. The van der Waals surface area contributed by atoms with E-state index in [9.17, 15) is 4.79 Å². The van der Waals surface area contributed by atoms with Gasteiger partial charge in [0.15, 0.2) is 0 Å². The Kier molecular flexibility index (Phi) is 3.86. The van der Waals surface area contributed by atoms with Gasteiger partial charge in [0.05, 0.1) is 23.8 Å². The van der Waals surface area contributed by atoms with Crippen LogP contribution in [0.4, 0.5) is 5.69 Å². The fraction of sp³-hybridized carbons (Fsp3) is 0.333. The van der Waals surface area contributed by atoms with Gasteiger partial charge in [-0.15, -0.1) is 0 Å². The van der Waals surface area contributed by atoms with Crippen LogP contribution in [0.5, 0.6) is 0 Å². The van der Waals surface area contributed by atoms with Gasteiger partial charge in [-0.25, -0.2) is 0 Å². The number of amides is 1. The lowest BCUT2D eigenvalue weighted by molar-refractivity contribution is -0.125. The van der Waals surface area contributed by atoms with Crippen LogP contribution in [0.3, 0.4) is 0 Å². The molecule has 114 valence electrons. The number of anilines is 1. The van der Waals surface area contributed by atoms with Gasteiger partial charge in [0, 0.05) is 30.4 Å². The van der Waals surface area contributed by atoms with Gasteiger partial charge in [-0.05, 0) is 26.0 Å². The van der Waals surface area contributed by atoms with Crippen molar-refractivity contribution in [1.82, 2.24) is 14.8 Å². The highest BCUT2D eigenvalue weighted by Crippen LogP contribution is 2.20. The predicted octanol–water partition coefficient (Wildman–Crippen LogP) is 1.74. The molecule has 0 aliphatic carbocycles. The number of carbonyl (C=O) groups is 1. The van der Waals surface area contributed by atoms with Crippen LogP contribution >= 0.6 is 0 Å². The van der Waals surface area contributed by atoms with Gasteiger partial charge in [-0.1, -0.05) is 5.16 Å². The Bertz CT molecular complexity index is 708. The summed E-state index contributed by atoms with van der Waals surface area (Å²) in [6.07, 6.45) is 4.81. The number of hydrogen-bond acceptors (Lipinski definition) is 5. The third-order valence-corrected chi connectivity index (χ3v) is 3.60. The lowest BCUT2D eigenvalue weighted by Gasteiger charge is -2.08. The minimum Gasteiger partial charge on any atom is -0.382 e. The zero-order valence-electron chi connectivity index (χ0n) is 12.5. The van der Waals surface area contributed by atoms with E-state index in [4.69, 9.17) is 4.84 Å². The first-order valence-electron chi connectivity index (χ1n) is 7.15. The predicted molar refractivity (Wildman–Crippen MR) is 81.5 cm³/mol. The average Bonchev–Trinajstić information content (AvgIpc) is 3.14. The second kappa shape index (κ2) is 5.97. The largest absolute Gasteiger partial charge is 0.382 e. The zero-order valence-corrected chi connectivity index (χ0v) is 12.5. The van der Waals surface area contributed by atoms with E-state index in [0.29, 0.717) is 12.1 Å². The number of oxime groups is 1. The van der Waals surface area contributed by atoms with Gasteiger partial charge in [-0.2, -0.15) is 5.10 Å². The van der Waals surface area contributed by atoms with Crippen LogP contribution in [-0.2, 0) is 16.2 Å². The summed E-state index contributed by atoms with van der Waals surface area (Å²) in [5, 5.41) is 11.1. The summed E-state index contributed by atoms with van der Waals surface area (Å²) in [6.45, 7) is 4.81.